The van der Waals surface area contributed by atoms with Gasteiger partial charge in [0.15, 0.2) is 5.69 Å². The zero-order chi connectivity index (χ0) is 37.1. The summed E-state index contributed by atoms with van der Waals surface area (Å²) in [5.41, 5.74) is 3.29. The van der Waals surface area contributed by atoms with Crippen molar-refractivity contribution in [1.29, 1.82) is 0 Å². The maximum atomic E-state index is 13.0. The molecule has 3 aromatic rings. The van der Waals surface area contributed by atoms with Gasteiger partial charge in [-0.2, -0.15) is 5.10 Å². The van der Waals surface area contributed by atoms with E-state index in [-0.39, 0.29) is 22.2 Å². The summed E-state index contributed by atoms with van der Waals surface area (Å²) >= 11 is 5.40. The number of carbonyl (C=O) groups excluding carboxylic acids is 5. The number of amides is 5. The Morgan fingerprint density at radius 3 is 1.90 bits per heavy atom. The predicted octanol–water partition coefficient (Wildman–Crippen LogP) is 2.03. The molecule has 0 aliphatic carbocycles. The van der Waals surface area contributed by atoms with Crippen molar-refractivity contribution in [2.24, 2.45) is 5.14 Å². The maximum absolute atomic E-state index is 13.0. The van der Waals surface area contributed by atoms with E-state index >= 15 is 0 Å². The van der Waals surface area contributed by atoms with Crippen LogP contribution >= 0.6 is 0 Å². The Hall–Kier alpha value is -4.29. The predicted molar refractivity (Wildman–Crippen MR) is 182 cm³/mol. The number of sulfonamides is 1. The third-order valence-corrected chi connectivity index (χ3v) is 7.89. The first-order chi connectivity index (χ1) is 23.9. The van der Waals surface area contributed by atoms with Gasteiger partial charge >= 0.3 is 22.4 Å². The molecule has 0 spiro atoms. The SMILES string of the molecule is Cc1ccc(-c2cc(C(=O)NCCCCCCNC(=O)C[N-]C(=O)C[N-]C(=O)C[N-]C(=O)C[S-])nn2-c2ccc(S(N)(=O)=O)cc2)cc1.[O]=[Tc+4]. The molecule has 19 heteroatoms. The van der Waals surface area contributed by atoms with Crippen molar-refractivity contribution in [3.63, 3.8) is 0 Å². The van der Waals surface area contributed by atoms with Gasteiger partial charge in [0.2, 0.25) is 15.9 Å². The van der Waals surface area contributed by atoms with E-state index in [4.69, 9.17) is 8.64 Å². The molecule has 5 amide bonds. The molecule has 3 rings (SSSR count). The second kappa shape index (κ2) is 21.7. The fourth-order valence-electron chi connectivity index (χ4n) is 4.19. The van der Waals surface area contributed by atoms with E-state index in [9.17, 15) is 32.4 Å². The van der Waals surface area contributed by atoms with Crippen molar-refractivity contribution in [3.05, 3.63) is 81.8 Å². The van der Waals surface area contributed by atoms with Gasteiger partial charge in [0, 0.05) is 36.4 Å². The molecule has 4 N–H and O–H groups in total. The third kappa shape index (κ3) is 14.7. The van der Waals surface area contributed by atoms with Crippen molar-refractivity contribution in [2.45, 2.75) is 37.5 Å². The molecule has 0 fully saturated rings. The van der Waals surface area contributed by atoms with Crippen LogP contribution in [-0.2, 0) is 64.2 Å². The Labute approximate surface area is 306 Å². The quantitative estimate of drug-likeness (QED) is 0.125. The van der Waals surface area contributed by atoms with Gasteiger partial charge in [0.25, 0.3) is 5.91 Å². The zero-order valence-corrected chi connectivity index (χ0v) is 30.5. The first-order valence-corrected chi connectivity index (χ1v) is 18.0. The van der Waals surface area contributed by atoms with Crippen LogP contribution in [0.25, 0.3) is 32.9 Å². The third-order valence-electron chi connectivity index (χ3n) is 6.71. The van der Waals surface area contributed by atoms with E-state index in [1.807, 2.05) is 31.2 Å². The second-order valence-corrected chi connectivity index (χ2v) is 12.4. The number of hydrogen-bond acceptors (Lipinski definition) is 10. The molecular weight excluding hydrogens is 775 g/mol. The summed E-state index contributed by atoms with van der Waals surface area (Å²) in [6, 6.07) is 15.3. The van der Waals surface area contributed by atoms with Crippen LogP contribution in [0, 0.1) is 6.92 Å². The van der Waals surface area contributed by atoms with Crippen molar-refractivity contribution < 1.29 is 54.8 Å². The summed E-state index contributed by atoms with van der Waals surface area (Å²) in [5, 5.41) is 25.6. The number of primary sulfonamides is 1. The second-order valence-electron chi connectivity index (χ2n) is 10.5. The molecule has 2 aromatic carbocycles. The standard InChI is InChI=1S/C31H40N8O7S2.O.Tc/c1-21-6-8-22(9-7-21)26-16-25(38-39(26)23-10-12-24(13-11-23)48(32,45)46)31(44)34-15-5-3-2-4-14-33-27(40)17-35-28(41)18-36-29(42)19-37-30(43)20-47;;/h6-13,16H,2-5,14-15,17-20H2,1H3,(H8,32,33,34,35,36,37,40,41,42,43,44,45,46,47);;/q;;+4/p-4. The summed E-state index contributed by atoms with van der Waals surface area (Å²) in [4.78, 5) is 59.0. The van der Waals surface area contributed by atoms with Gasteiger partial charge < -0.3 is 53.6 Å². The van der Waals surface area contributed by atoms with Crippen LogP contribution < -0.4 is 15.8 Å². The molecule has 1 heterocycles. The van der Waals surface area contributed by atoms with Crippen molar-refractivity contribution >= 4 is 52.2 Å². The first-order valence-electron chi connectivity index (χ1n) is 15.1. The molecule has 0 saturated carbocycles. The number of nitrogens with one attached hydrogen (secondary N) is 2. The van der Waals surface area contributed by atoms with E-state index in [0.29, 0.717) is 37.3 Å². The van der Waals surface area contributed by atoms with Crippen LogP contribution in [0.2, 0.25) is 0 Å². The molecular formula is C31H36N8O8S2Tc. The van der Waals surface area contributed by atoms with Crippen molar-refractivity contribution in [1.82, 2.24) is 20.4 Å². The number of nitrogens with two attached hydrogens (primary N) is 1. The molecule has 16 nitrogen and oxygen atoms in total. The number of benzene rings is 2. The molecule has 0 aliphatic heterocycles. The molecule has 0 unspecified atom stereocenters. The van der Waals surface area contributed by atoms with Crippen LogP contribution in [0.15, 0.2) is 59.5 Å². The Bertz CT molecular complexity index is 1720. The molecule has 0 atom stereocenters. The summed E-state index contributed by atoms with van der Waals surface area (Å²) in [5.74, 6) is -3.16. The number of unbranched alkanes of at least 4 members (excludes halogenated alkanes) is 3. The minimum absolute atomic E-state index is 0.0371. The molecule has 0 saturated heterocycles. The summed E-state index contributed by atoms with van der Waals surface area (Å²) in [6.45, 7) is 1.34. The zero-order valence-electron chi connectivity index (χ0n) is 27.0. The van der Waals surface area contributed by atoms with Crippen LogP contribution in [-0.4, -0.2) is 86.2 Å². The summed E-state index contributed by atoms with van der Waals surface area (Å²) in [7, 11) is -3.86. The number of aryl methyl sites for hydroxylation is 1. The van der Waals surface area contributed by atoms with Crippen LogP contribution in [0.3, 0.4) is 0 Å². The van der Waals surface area contributed by atoms with Crippen LogP contribution in [0.4, 0.5) is 0 Å². The van der Waals surface area contributed by atoms with Gasteiger partial charge in [0.1, 0.15) is 0 Å². The summed E-state index contributed by atoms with van der Waals surface area (Å²) < 4.78 is 33.2. The molecule has 0 radical (unpaired) electrons. The van der Waals surface area contributed by atoms with Gasteiger partial charge in [-0.25, -0.2) is 18.2 Å². The molecule has 267 valence electrons. The van der Waals surface area contributed by atoms with Gasteiger partial charge in [-0.3, -0.25) is 9.59 Å². The number of hydrogen-bond donors (Lipinski definition) is 3. The normalized spacial score (nSPS) is 10.7. The topological polar surface area (TPSA) is 247 Å². The monoisotopic (exact) mass is 809 g/mol. The number of carbonyl (C=O) groups is 5. The van der Waals surface area contributed by atoms with E-state index in [0.717, 1.165) is 42.8 Å². The average molecular weight is 811 g/mol. The van der Waals surface area contributed by atoms with E-state index < -0.39 is 53.3 Å². The van der Waals surface area contributed by atoms with Gasteiger partial charge in [-0.15, -0.1) is 5.75 Å². The average Bonchev–Trinajstić information content (AvgIpc) is 3.56. The van der Waals surface area contributed by atoms with Crippen molar-refractivity contribution in [3.8, 4) is 16.9 Å². The molecule has 0 bridgehead atoms. The van der Waals surface area contributed by atoms with Gasteiger partial charge in [-0.05, 0) is 56.6 Å². The number of nitrogens with zero attached hydrogens (tertiary/aromatic N) is 5. The van der Waals surface area contributed by atoms with Gasteiger partial charge in [-0.1, -0.05) is 55.8 Å². The Morgan fingerprint density at radius 1 is 0.800 bits per heavy atom. The molecule has 1 aromatic heterocycles. The fourth-order valence-corrected chi connectivity index (χ4v) is 4.80. The number of aromatic nitrogens is 2. The Kier molecular flexibility index (Phi) is 18.2. The van der Waals surface area contributed by atoms with Gasteiger partial charge in [0.05, 0.1) is 16.3 Å². The number of rotatable bonds is 18. The molecule has 0 aliphatic rings. The van der Waals surface area contributed by atoms with E-state index in [1.165, 1.54) is 12.1 Å². The van der Waals surface area contributed by atoms with E-state index in [1.54, 1.807) is 22.9 Å². The fraction of sp³-hybridized carbons (Fsp3) is 0.355. The van der Waals surface area contributed by atoms with Crippen LogP contribution in [0.5, 0.6) is 0 Å². The molecule has 50 heavy (non-hydrogen) atoms. The van der Waals surface area contributed by atoms with E-state index in [2.05, 4.69) is 44.3 Å². The Balaban J connectivity index is 0.00000425. The Morgan fingerprint density at radius 2 is 1.34 bits per heavy atom. The first kappa shape index (κ1) is 41.9. The van der Waals surface area contributed by atoms with Crippen molar-refractivity contribution in [2.75, 3.05) is 38.5 Å². The van der Waals surface area contributed by atoms with Crippen LogP contribution in [0.1, 0.15) is 41.7 Å². The minimum atomic E-state index is -3.86. The summed E-state index contributed by atoms with van der Waals surface area (Å²) in [6.07, 6.45) is 2.95.